The Bertz CT molecular complexity index is 946. The van der Waals surface area contributed by atoms with Crippen molar-refractivity contribution in [3.8, 4) is 0 Å². The van der Waals surface area contributed by atoms with Gasteiger partial charge in [0.2, 0.25) is 0 Å². The first-order valence-electron chi connectivity index (χ1n) is 8.22. The van der Waals surface area contributed by atoms with Crippen LogP contribution >= 0.6 is 0 Å². The van der Waals surface area contributed by atoms with E-state index >= 15 is 0 Å². The predicted octanol–water partition coefficient (Wildman–Crippen LogP) is 0.572. The number of hydrogen-bond donors (Lipinski definition) is 0. The zero-order valence-corrected chi connectivity index (χ0v) is 15.9. The zero-order valence-electron chi connectivity index (χ0n) is 15.1. The van der Waals surface area contributed by atoms with Crippen molar-refractivity contribution in [3.05, 3.63) is 57.9 Å². The maximum atomic E-state index is 11.9. The molecule has 0 bridgehead atoms. The van der Waals surface area contributed by atoms with Gasteiger partial charge in [0.05, 0.1) is 26.3 Å². The van der Waals surface area contributed by atoms with Gasteiger partial charge in [0.25, 0.3) is 0 Å². The molecule has 0 atom stereocenters. The second-order valence-electron chi connectivity index (χ2n) is 5.38. The molecule has 2 aromatic heterocycles. The molecule has 0 aliphatic heterocycles. The van der Waals surface area contributed by atoms with Gasteiger partial charge in [-0.3, -0.25) is 18.3 Å². The van der Waals surface area contributed by atoms with E-state index in [1.54, 1.807) is 50.8 Å². The summed E-state index contributed by atoms with van der Waals surface area (Å²) in [6.45, 7) is 3.16. The van der Waals surface area contributed by atoms with Gasteiger partial charge in [0.1, 0.15) is 0 Å². The number of nitrogens with zero attached hydrogens (tertiary/aromatic N) is 4. The van der Waals surface area contributed by atoms with E-state index in [1.165, 1.54) is 30.7 Å². The third-order valence-corrected chi connectivity index (χ3v) is 4.40. The predicted molar refractivity (Wildman–Crippen MR) is 100 cm³/mol. The molecule has 0 fully saturated rings. The molecule has 0 amide bonds. The molecule has 27 heavy (non-hydrogen) atoms. The molecular formula is C16H22N4O6S. The molecule has 148 valence electrons. The lowest BCUT2D eigenvalue weighted by Gasteiger charge is -2.06. The van der Waals surface area contributed by atoms with E-state index in [9.17, 15) is 18.0 Å². The molecule has 0 saturated heterocycles. The Balaban J connectivity index is 1.82. The van der Waals surface area contributed by atoms with Crippen LogP contribution in [0.5, 0.6) is 0 Å². The summed E-state index contributed by atoms with van der Waals surface area (Å²) in [5.41, 5.74) is -0.611. The number of allylic oxidation sites excluding steroid dienone is 2. The van der Waals surface area contributed by atoms with Gasteiger partial charge in [-0.05, 0) is 13.8 Å². The Morgan fingerprint density at radius 3 is 1.59 bits per heavy atom. The van der Waals surface area contributed by atoms with Gasteiger partial charge in [-0.1, -0.05) is 12.2 Å². The lowest BCUT2D eigenvalue weighted by atomic mass is 10.7. The fourth-order valence-corrected chi connectivity index (χ4v) is 2.88. The molecule has 10 nitrogen and oxygen atoms in total. The van der Waals surface area contributed by atoms with Crippen molar-refractivity contribution in [2.75, 3.05) is 13.2 Å². The Hall–Kier alpha value is -2.63. The summed E-state index contributed by atoms with van der Waals surface area (Å²) in [6, 6.07) is 0. The molecule has 0 radical (unpaired) electrons. The first-order chi connectivity index (χ1) is 12.9. The molecule has 0 aliphatic rings. The number of aromatic nitrogens is 4. The summed E-state index contributed by atoms with van der Waals surface area (Å²) < 4.78 is 38.3. The smallest absolute Gasteiger partial charge is 0.297 e. The van der Waals surface area contributed by atoms with Crippen LogP contribution in [0.2, 0.25) is 0 Å². The van der Waals surface area contributed by atoms with E-state index < -0.39 is 10.4 Å². The Morgan fingerprint density at radius 2 is 1.22 bits per heavy atom. The molecule has 11 heteroatoms. The van der Waals surface area contributed by atoms with Crippen LogP contribution in [0, 0.1) is 0 Å². The van der Waals surface area contributed by atoms with E-state index in [1.807, 2.05) is 0 Å². The summed E-state index contributed by atoms with van der Waals surface area (Å²) in [7, 11) is -4.23. The van der Waals surface area contributed by atoms with E-state index in [2.05, 4.69) is 0 Å². The van der Waals surface area contributed by atoms with Gasteiger partial charge in [-0.25, -0.2) is 18.0 Å². The minimum atomic E-state index is -4.23. The molecular weight excluding hydrogens is 376 g/mol. The molecule has 0 unspecified atom stereocenters. The van der Waals surface area contributed by atoms with Crippen LogP contribution in [0.15, 0.2) is 46.5 Å². The first kappa shape index (κ1) is 20.7. The highest BCUT2D eigenvalue weighted by atomic mass is 32.3. The summed E-state index contributed by atoms with van der Waals surface area (Å²) in [5, 5.41) is 0. The molecule has 2 aromatic rings. The van der Waals surface area contributed by atoms with Crippen molar-refractivity contribution < 1.29 is 16.8 Å². The third kappa shape index (κ3) is 5.67. The van der Waals surface area contributed by atoms with E-state index in [4.69, 9.17) is 8.37 Å². The number of rotatable bonds is 10. The van der Waals surface area contributed by atoms with Crippen molar-refractivity contribution in [2.45, 2.75) is 26.9 Å². The topological polar surface area (TPSA) is 106 Å². The van der Waals surface area contributed by atoms with Gasteiger partial charge in [0.15, 0.2) is 0 Å². The quantitative estimate of drug-likeness (QED) is 0.579. The van der Waals surface area contributed by atoms with Crippen LogP contribution in [0.1, 0.15) is 13.8 Å². The summed E-state index contributed by atoms with van der Waals surface area (Å²) in [6.07, 6.45) is 12.8. The zero-order chi connectivity index (χ0) is 19.9. The first-order valence-corrected chi connectivity index (χ1v) is 9.55. The lowest BCUT2D eigenvalue weighted by Crippen LogP contribution is -2.25. The van der Waals surface area contributed by atoms with Gasteiger partial charge < -0.3 is 0 Å². The monoisotopic (exact) mass is 398 g/mol. The minimum absolute atomic E-state index is 0.0532. The van der Waals surface area contributed by atoms with Gasteiger partial charge in [-0.15, -0.1) is 0 Å². The Kier molecular flexibility index (Phi) is 7.16. The van der Waals surface area contributed by atoms with Gasteiger partial charge in [0, 0.05) is 37.2 Å². The van der Waals surface area contributed by atoms with Crippen LogP contribution in [0.4, 0.5) is 0 Å². The van der Waals surface area contributed by atoms with Crippen LogP contribution in [0.3, 0.4) is 0 Å². The fourth-order valence-electron chi connectivity index (χ4n) is 2.25. The second-order valence-corrected chi connectivity index (χ2v) is 6.67. The van der Waals surface area contributed by atoms with E-state index in [0.717, 1.165) is 0 Å². The van der Waals surface area contributed by atoms with Gasteiger partial charge >= 0.3 is 21.8 Å². The number of hydrogen-bond acceptors (Lipinski definition) is 6. The molecule has 2 heterocycles. The third-order valence-electron chi connectivity index (χ3n) is 3.49. The highest BCUT2D eigenvalue weighted by Gasteiger charge is 2.13. The molecule has 0 N–H and O–H groups in total. The van der Waals surface area contributed by atoms with Crippen LogP contribution < -0.4 is 11.4 Å². The van der Waals surface area contributed by atoms with Crippen molar-refractivity contribution in [1.29, 1.82) is 0 Å². The average molecular weight is 398 g/mol. The van der Waals surface area contributed by atoms with Crippen LogP contribution in [-0.2, 0) is 31.9 Å². The Morgan fingerprint density at radius 1 is 0.815 bits per heavy atom. The van der Waals surface area contributed by atoms with Crippen molar-refractivity contribution in [3.63, 3.8) is 0 Å². The second kappa shape index (κ2) is 9.35. The fraction of sp³-hybridized carbons (Fsp3) is 0.375. The van der Waals surface area contributed by atoms with Crippen LogP contribution in [0.25, 0.3) is 12.4 Å². The molecule has 0 saturated carbocycles. The SMILES string of the molecule is C/C=C/n1ccn(CCOS(=O)(=O)OCCn2ccn(/C=C/C)c2=O)c1=O. The highest BCUT2D eigenvalue weighted by Crippen LogP contribution is 1.98. The normalized spacial score (nSPS) is 12.5. The maximum absolute atomic E-state index is 11.9. The molecule has 2 rings (SSSR count). The summed E-state index contributed by atoms with van der Waals surface area (Å²) >= 11 is 0. The molecule has 0 aromatic carbocycles. The summed E-state index contributed by atoms with van der Waals surface area (Å²) in [4.78, 5) is 23.8. The standard InChI is InChI=1S/C16H22N4O6S/c1-3-5-17-7-9-19(15(17)21)11-13-25-27(23,24)26-14-12-20-10-8-18(6-4-2)16(20)22/h3-10H,11-14H2,1-2H3/b5-3+,6-4+. The molecule has 0 aliphatic carbocycles. The van der Waals surface area contributed by atoms with Crippen molar-refractivity contribution in [1.82, 2.24) is 18.3 Å². The van der Waals surface area contributed by atoms with Crippen molar-refractivity contribution >= 4 is 22.8 Å². The number of imidazole rings is 2. The van der Waals surface area contributed by atoms with Gasteiger partial charge in [-0.2, -0.15) is 8.42 Å². The average Bonchev–Trinajstić information content (AvgIpc) is 3.13. The summed E-state index contributed by atoms with van der Waals surface area (Å²) in [5.74, 6) is 0. The van der Waals surface area contributed by atoms with Crippen LogP contribution in [-0.4, -0.2) is 39.9 Å². The minimum Gasteiger partial charge on any atom is -0.297 e. The van der Waals surface area contributed by atoms with E-state index in [-0.39, 0.29) is 37.7 Å². The van der Waals surface area contributed by atoms with E-state index in [0.29, 0.717) is 0 Å². The highest BCUT2D eigenvalue weighted by molar-refractivity contribution is 7.81. The Labute approximate surface area is 156 Å². The largest absolute Gasteiger partial charge is 0.399 e. The lowest BCUT2D eigenvalue weighted by molar-refractivity contribution is 0.202. The molecule has 0 spiro atoms. The van der Waals surface area contributed by atoms with Crippen molar-refractivity contribution in [2.24, 2.45) is 0 Å². The maximum Gasteiger partial charge on any atom is 0.399 e.